The van der Waals surface area contributed by atoms with E-state index < -0.39 is 0 Å². The molecule has 8 heteroatoms. The Kier molecular flexibility index (Phi) is 5.66. The van der Waals surface area contributed by atoms with Gasteiger partial charge < -0.3 is 10.6 Å². The first-order valence-electron chi connectivity index (χ1n) is 9.41. The lowest BCUT2D eigenvalue weighted by Crippen LogP contribution is -2.28. The van der Waals surface area contributed by atoms with Crippen LogP contribution in [0.1, 0.15) is 11.1 Å². The van der Waals surface area contributed by atoms with Gasteiger partial charge in [-0.15, -0.1) is 0 Å². The van der Waals surface area contributed by atoms with Gasteiger partial charge in [0.2, 0.25) is 0 Å². The van der Waals surface area contributed by atoms with Gasteiger partial charge >= 0.3 is 11.7 Å². The van der Waals surface area contributed by atoms with E-state index in [-0.39, 0.29) is 11.7 Å². The van der Waals surface area contributed by atoms with Gasteiger partial charge in [0.1, 0.15) is 0 Å². The lowest BCUT2D eigenvalue weighted by molar-refractivity contribution is 0.251. The van der Waals surface area contributed by atoms with E-state index in [1.54, 1.807) is 29.2 Å². The molecule has 0 saturated heterocycles. The Hall–Kier alpha value is -4.20. The van der Waals surface area contributed by atoms with Crippen LogP contribution in [0.2, 0.25) is 0 Å². The van der Waals surface area contributed by atoms with Gasteiger partial charge in [-0.25, -0.2) is 19.3 Å². The van der Waals surface area contributed by atoms with Crippen LogP contribution in [0.15, 0.2) is 90.2 Å². The average molecular weight is 400 g/mol. The molecule has 4 rings (SSSR count). The summed E-state index contributed by atoms with van der Waals surface area (Å²) in [5.74, 6) is 0. The molecule has 30 heavy (non-hydrogen) atoms. The Bertz CT molecular complexity index is 1200. The van der Waals surface area contributed by atoms with Gasteiger partial charge in [-0.2, -0.15) is 5.10 Å². The number of carbonyl (C=O) groups excluding carboxylic acids is 1. The minimum Gasteiger partial charge on any atom is -0.334 e. The van der Waals surface area contributed by atoms with Crippen molar-refractivity contribution in [1.29, 1.82) is 0 Å². The van der Waals surface area contributed by atoms with E-state index in [1.807, 2.05) is 54.7 Å². The first-order chi connectivity index (χ1) is 14.7. The number of hydrogen-bond donors (Lipinski definition) is 2. The van der Waals surface area contributed by atoms with Gasteiger partial charge in [-0.05, 0) is 35.9 Å². The van der Waals surface area contributed by atoms with E-state index in [0.29, 0.717) is 18.8 Å². The van der Waals surface area contributed by atoms with Crippen LogP contribution in [0.25, 0.3) is 5.69 Å². The highest BCUT2D eigenvalue weighted by Gasteiger charge is 2.06. The smallest absolute Gasteiger partial charge is 0.334 e. The molecule has 2 heterocycles. The SMILES string of the molecule is O=C(NCc1cnn(-c2ccccc2)c1)Nc1cccc(Cn2cccnc2=O)c1. The zero-order chi connectivity index (χ0) is 20.8. The number of nitrogens with one attached hydrogen (secondary N) is 2. The molecule has 0 radical (unpaired) electrons. The highest BCUT2D eigenvalue weighted by Crippen LogP contribution is 2.12. The second-order valence-electron chi connectivity index (χ2n) is 6.67. The fraction of sp³-hybridized carbons (Fsp3) is 0.0909. The molecule has 0 unspecified atom stereocenters. The third-order valence-corrected chi connectivity index (χ3v) is 4.43. The van der Waals surface area contributed by atoms with Crippen molar-refractivity contribution in [1.82, 2.24) is 24.6 Å². The van der Waals surface area contributed by atoms with Gasteiger partial charge in [-0.1, -0.05) is 30.3 Å². The molecule has 0 atom stereocenters. The standard InChI is InChI=1S/C22H20N6O2/c29-21(24-13-18-14-25-28(16-18)20-8-2-1-3-9-20)26-19-7-4-6-17(12-19)15-27-11-5-10-23-22(27)30/h1-12,14,16H,13,15H2,(H2,24,26,29). The highest BCUT2D eigenvalue weighted by molar-refractivity contribution is 5.89. The molecule has 2 aromatic carbocycles. The lowest BCUT2D eigenvalue weighted by Gasteiger charge is -2.09. The second kappa shape index (κ2) is 8.87. The van der Waals surface area contributed by atoms with Crippen LogP contribution in [0, 0.1) is 0 Å². The van der Waals surface area contributed by atoms with Crippen LogP contribution in [0.5, 0.6) is 0 Å². The molecule has 0 aliphatic carbocycles. The molecule has 0 aliphatic heterocycles. The summed E-state index contributed by atoms with van der Waals surface area (Å²) in [4.78, 5) is 27.8. The number of benzene rings is 2. The van der Waals surface area contributed by atoms with E-state index >= 15 is 0 Å². The van der Waals surface area contributed by atoms with Crippen molar-refractivity contribution in [3.05, 3.63) is 107 Å². The number of para-hydroxylation sites is 1. The van der Waals surface area contributed by atoms with Gasteiger partial charge in [0, 0.05) is 36.4 Å². The number of urea groups is 1. The van der Waals surface area contributed by atoms with Crippen molar-refractivity contribution in [3.63, 3.8) is 0 Å². The van der Waals surface area contributed by atoms with E-state index in [1.165, 1.54) is 10.8 Å². The summed E-state index contributed by atoms with van der Waals surface area (Å²) < 4.78 is 3.27. The van der Waals surface area contributed by atoms with Crippen LogP contribution in [-0.2, 0) is 13.1 Å². The average Bonchev–Trinajstić information content (AvgIpc) is 3.24. The van der Waals surface area contributed by atoms with E-state index in [9.17, 15) is 9.59 Å². The van der Waals surface area contributed by atoms with Crippen molar-refractivity contribution in [2.24, 2.45) is 0 Å². The molecule has 0 fully saturated rings. The number of anilines is 1. The molecular weight excluding hydrogens is 380 g/mol. The summed E-state index contributed by atoms with van der Waals surface area (Å²) in [6.07, 6.45) is 6.74. The molecule has 0 spiro atoms. The summed E-state index contributed by atoms with van der Waals surface area (Å²) in [6.45, 7) is 0.728. The van der Waals surface area contributed by atoms with Crippen LogP contribution in [-0.4, -0.2) is 25.4 Å². The molecule has 2 amide bonds. The summed E-state index contributed by atoms with van der Waals surface area (Å²) in [7, 11) is 0. The molecule has 150 valence electrons. The summed E-state index contributed by atoms with van der Waals surface area (Å²) >= 11 is 0. The number of amides is 2. The second-order valence-corrected chi connectivity index (χ2v) is 6.67. The van der Waals surface area contributed by atoms with Gasteiger partial charge in [0.05, 0.1) is 18.4 Å². The predicted octanol–water partition coefficient (Wildman–Crippen LogP) is 2.80. The third-order valence-electron chi connectivity index (χ3n) is 4.43. The number of rotatable bonds is 6. The quantitative estimate of drug-likeness (QED) is 0.520. The van der Waals surface area contributed by atoms with Crippen molar-refractivity contribution in [3.8, 4) is 5.69 Å². The molecule has 0 saturated carbocycles. The van der Waals surface area contributed by atoms with Gasteiger partial charge in [0.25, 0.3) is 0 Å². The maximum atomic E-state index is 12.3. The fourth-order valence-corrected chi connectivity index (χ4v) is 2.98. The topological polar surface area (TPSA) is 93.8 Å². The normalized spacial score (nSPS) is 10.5. The maximum absolute atomic E-state index is 12.3. The first kappa shape index (κ1) is 19.1. The zero-order valence-corrected chi connectivity index (χ0v) is 16.1. The van der Waals surface area contributed by atoms with Gasteiger partial charge in [-0.3, -0.25) is 4.57 Å². The molecule has 2 N–H and O–H groups in total. The molecule has 4 aromatic rings. The summed E-state index contributed by atoms with van der Waals surface area (Å²) in [5.41, 5.74) is 3.05. The minimum atomic E-state index is -0.321. The number of aromatic nitrogens is 4. The molecule has 0 bridgehead atoms. The minimum absolute atomic E-state index is 0.315. The molecule has 2 aromatic heterocycles. The number of carbonyl (C=O) groups is 1. The maximum Gasteiger partial charge on any atom is 0.347 e. The largest absolute Gasteiger partial charge is 0.347 e. The Labute approximate surface area is 172 Å². The van der Waals surface area contributed by atoms with Crippen molar-refractivity contribution in [2.75, 3.05) is 5.32 Å². The molecule has 0 aliphatic rings. The molecular formula is C22H20N6O2. The van der Waals surface area contributed by atoms with E-state index in [0.717, 1.165) is 16.8 Å². The fourth-order valence-electron chi connectivity index (χ4n) is 2.98. The van der Waals surface area contributed by atoms with Crippen LogP contribution >= 0.6 is 0 Å². The number of nitrogens with zero attached hydrogens (tertiary/aromatic N) is 4. The molecule has 8 nitrogen and oxygen atoms in total. The lowest BCUT2D eigenvalue weighted by atomic mass is 10.2. The van der Waals surface area contributed by atoms with Crippen LogP contribution in [0.3, 0.4) is 0 Å². The highest BCUT2D eigenvalue weighted by atomic mass is 16.2. The van der Waals surface area contributed by atoms with E-state index in [4.69, 9.17) is 0 Å². The summed E-state index contributed by atoms with van der Waals surface area (Å²) in [6, 6.07) is 18.5. The zero-order valence-electron chi connectivity index (χ0n) is 16.1. The summed E-state index contributed by atoms with van der Waals surface area (Å²) in [5, 5.41) is 9.95. The number of hydrogen-bond acceptors (Lipinski definition) is 4. The Morgan fingerprint density at radius 3 is 2.70 bits per heavy atom. The van der Waals surface area contributed by atoms with Crippen molar-refractivity contribution < 1.29 is 4.79 Å². The Morgan fingerprint density at radius 2 is 1.87 bits per heavy atom. The van der Waals surface area contributed by atoms with Gasteiger partial charge in [0.15, 0.2) is 0 Å². The van der Waals surface area contributed by atoms with Crippen molar-refractivity contribution >= 4 is 11.7 Å². The Balaban J connectivity index is 1.34. The first-order valence-corrected chi connectivity index (χ1v) is 9.41. The van der Waals surface area contributed by atoms with Crippen LogP contribution < -0.4 is 16.3 Å². The van der Waals surface area contributed by atoms with E-state index in [2.05, 4.69) is 20.7 Å². The predicted molar refractivity (Wildman–Crippen MR) is 113 cm³/mol. The third kappa shape index (κ3) is 4.79. The monoisotopic (exact) mass is 400 g/mol. The van der Waals surface area contributed by atoms with Crippen molar-refractivity contribution in [2.45, 2.75) is 13.1 Å². The Morgan fingerprint density at radius 1 is 1.00 bits per heavy atom. The van der Waals surface area contributed by atoms with Crippen LogP contribution in [0.4, 0.5) is 10.5 Å².